The Labute approximate surface area is 175 Å². The fourth-order valence-corrected chi connectivity index (χ4v) is 3.33. The maximum absolute atomic E-state index is 12.9. The molecular weight excluding hydrogens is 374 g/mol. The summed E-state index contributed by atoms with van der Waals surface area (Å²) in [6, 6.07) is 23.9. The minimum atomic E-state index is -0.269. The van der Waals surface area contributed by atoms with Gasteiger partial charge in [0.2, 0.25) is 0 Å². The first kappa shape index (κ1) is 19.3. The molecule has 30 heavy (non-hydrogen) atoms. The molecule has 3 aromatic carbocycles. The van der Waals surface area contributed by atoms with Crippen molar-refractivity contribution in [2.24, 2.45) is 0 Å². The SMILES string of the molecule is O=C(NCc1cccc(Cn2ccnc2)c1)c1ccccc1C(=O)c1ccccc1. The van der Waals surface area contributed by atoms with E-state index in [1.807, 2.05) is 47.2 Å². The average Bonchev–Trinajstić information content (AvgIpc) is 3.31. The number of carbonyl (C=O) groups is 2. The lowest BCUT2D eigenvalue weighted by molar-refractivity contribution is 0.0939. The van der Waals surface area contributed by atoms with E-state index in [0.717, 1.165) is 17.7 Å². The van der Waals surface area contributed by atoms with Crippen LogP contribution in [0.1, 0.15) is 37.4 Å². The highest BCUT2D eigenvalue weighted by Crippen LogP contribution is 2.15. The minimum Gasteiger partial charge on any atom is -0.348 e. The fraction of sp³-hybridized carbons (Fsp3) is 0.0800. The number of benzene rings is 3. The van der Waals surface area contributed by atoms with Crippen LogP contribution >= 0.6 is 0 Å². The fourth-order valence-electron chi connectivity index (χ4n) is 3.33. The monoisotopic (exact) mass is 395 g/mol. The zero-order chi connectivity index (χ0) is 20.8. The van der Waals surface area contributed by atoms with Crippen LogP contribution < -0.4 is 5.32 Å². The standard InChI is InChI=1S/C25H21N3O2/c29-24(21-9-2-1-3-10-21)22-11-4-5-12-23(22)25(30)27-16-19-7-6-8-20(15-19)17-28-14-13-26-18-28/h1-15,18H,16-17H2,(H,27,30). The molecule has 4 rings (SSSR count). The summed E-state index contributed by atoms with van der Waals surface area (Å²) >= 11 is 0. The van der Waals surface area contributed by atoms with Crippen molar-refractivity contribution in [2.45, 2.75) is 13.1 Å². The maximum Gasteiger partial charge on any atom is 0.252 e. The Kier molecular flexibility index (Phi) is 5.80. The van der Waals surface area contributed by atoms with Gasteiger partial charge in [0.05, 0.1) is 11.9 Å². The van der Waals surface area contributed by atoms with E-state index in [2.05, 4.69) is 16.4 Å². The molecule has 0 fully saturated rings. The molecule has 0 spiro atoms. The minimum absolute atomic E-state index is 0.163. The molecule has 1 N–H and O–H groups in total. The van der Waals surface area contributed by atoms with Crippen molar-refractivity contribution >= 4 is 11.7 Å². The van der Waals surface area contributed by atoms with Gasteiger partial charge >= 0.3 is 0 Å². The van der Waals surface area contributed by atoms with Crippen LogP contribution in [0.4, 0.5) is 0 Å². The van der Waals surface area contributed by atoms with Crippen LogP contribution in [0.15, 0.2) is 97.6 Å². The Morgan fingerprint density at radius 3 is 2.33 bits per heavy atom. The van der Waals surface area contributed by atoms with Gasteiger partial charge in [0, 0.05) is 36.6 Å². The second-order valence-electron chi connectivity index (χ2n) is 6.98. The summed E-state index contributed by atoms with van der Waals surface area (Å²) in [5.41, 5.74) is 3.45. The summed E-state index contributed by atoms with van der Waals surface area (Å²) in [4.78, 5) is 29.8. The number of imidazole rings is 1. The van der Waals surface area contributed by atoms with E-state index in [-0.39, 0.29) is 11.7 Å². The smallest absolute Gasteiger partial charge is 0.252 e. The number of aromatic nitrogens is 2. The van der Waals surface area contributed by atoms with Gasteiger partial charge in [-0.15, -0.1) is 0 Å². The molecule has 1 amide bonds. The summed E-state index contributed by atoms with van der Waals surface area (Å²) in [6.45, 7) is 1.10. The summed E-state index contributed by atoms with van der Waals surface area (Å²) in [5.74, 6) is -0.432. The van der Waals surface area contributed by atoms with Gasteiger partial charge in [-0.3, -0.25) is 9.59 Å². The van der Waals surface area contributed by atoms with Crippen LogP contribution in [0, 0.1) is 0 Å². The molecule has 0 saturated carbocycles. The molecule has 0 aliphatic heterocycles. The predicted molar refractivity (Wildman–Crippen MR) is 115 cm³/mol. The molecule has 1 heterocycles. The van der Waals surface area contributed by atoms with Gasteiger partial charge in [0.25, 0.3) is 5.91 Å². The van der Waals surface area contributed by atoms with Gasteiger partial charge in [-0.25, -0.2) is 4.98 Å². The Bertz CT molecular complexity index is 1150. The van der Waals surface area contributed by atoms with Crippen molar-refractivity contribution in [3.8, 4) is 0 Å². The van der Waals surface area contributed by atoms with Gasteiger partial charge in [-0.05, 0) is 17.2 Å². The molecule has 5 nitrogen and oxygen atoms in total. The second-order valence-corrected chi connectivity index (χ2v) is 6.98. The predicted octanol–water partition coefficient (Wildman–Crippen LogP) is 4.09. The molecule has 148 valence electrons. The van der Waals surface area contributed by atoms with Gasteiger partial charge in [0.15, 0.2) is 5.78 Å². The Hall–Kier alpha value is -3.99. The summed E-state index contributed by atoms with van der Waals surface area (Å²) in [5, 5.41) is 2.94. The zero-order valence-corrected chi connectivity index (χ0v) is 16.4. The molecule has 0 radical (unpaired) electrons. The number of rotatable bonds is 7. The first-order chi connectivity index (χ1) is 14.7. The van der Waals surface area contributed by atoms with Crippen molar-refractivity contribution in [3.63, 3.8) is 0 Å². The number of ketones is 1. The molecule has 0 unspecified atom stereocenters. The van der Waals surface area contributed by atoms with E-state index in [9.17, 15) is 9.59 Å². The lowest BCUT2D eigenvalue weighted by Crippen LogP contribution is -2.25. The van der Waals surface area contributed by atoms with Crippen molar-refractivity contribution in [2.75, 3.05) is 0 Å². The van der Waals surface area contributed by atoms with Crippen molar-refractivity contribution in [3.05, 3.63) is 125 Å². The first-order valence-electron chi connectivity index (χ1n) is 9.71. The lowest BCUT2D eigenvalue weighted by atomic mass is 9.98. The van der Waals surface area contributed by atoms with E-state index in [1.165, 1.54) is 0 Å². The maximum atomic E-state index is 12.9. The van der Waals surface area contributed by atoms with Gasteiger partial charge in [-0.2, -0.15) is 0 Å². The summed E-state index contributed by atoms with van der Waals surface area (Å²) in [7, 11) is 0. The van der Waals surface area contributed by atoms with E-state index >= 15 is 0 Å². The molecular formula is C25H21N3O2. The molecule has 4 aromatic rings. The van der Waals surface area contributed by atoms with Crippen molar-refractivity contribution in [1.82, 2.24) is 14.9 Å². The third-order valence-corrected chi connectivity index (χ3v) is 4.82. The number of nitrogens with one attached hydrogen (secondary N) is 1. The summed E-state index contributed by atoms with van der Waals surface area (Å²) < 4.78 is 1.99. The van der Waals surface area contributed by atoms with E-state index in [0.29, 0.717) is 23.2 Å². The molecule has 0 saturated heterocycles. The highest BCUT2D eigenvalue weighted by Gasteiger charge is 2.17. The quantitative estimate of drug-likeness (QED) is 0.479. The molecule has 1 aromatic heterocycles. The number of carbonyl (C=O) groups excluding carboxylic acids is 2. The third kappa shape index (κ3) is 4.52. The van der Waals surface area contributed by atoms with Crippen molar-refractivity contribution < 1.29 is 9.59 Å². The molecule has 0 aliphatic carbocycles. The molecule has 0 bridgehead atoms. The van der Waals surface area contributed by atoms with Gasteiger partial charge in [0.1, 0.15) is 0 Å². The molecule has 0 aliphatic rings. The largest absolute Gasteiger partial charge is 0.348 e. The van der Waals surface area contributed by atoms with E-state index in [1.54, 1.807) is 48.9 Å². The Balaban J connectivity index is 1.47. The third-order valence-electron chi connectivity index (χ3n) is 4.82. The Morgan fingerprint density at radius 1 is 0.833 bits per heavy atom. The number of hydrogen-bond donors (Lipinski definition) is 1. The van der Waals surface area contributed by atoms with Crippen LogP contribution in [0.5, 0.6) is 0 Å². The van der Waals surface area contributed by atoms with Crippen LogP contribution in [-0.4, -0.2) is 21.2 Å². The normalized spacial score (nSPS) is 10.5. The first-order valence-corrected chi connectivity index (χ1v) is 9.71. The Morgan fingerprint density at radius 2 is 1.57 bits per heavy atom. The van der Waals surface area contributed by atoms with Crippen LogP contribution in [0.2, 0.25) is 0 Å². The highest BCUT2D eigenvalue weighted by molar-refractivity contribution is 6.15. The van der Waals surface area contributed by atoms with E-state index in [4.69, 9.17) is 0 Å². The highest BCUT2D eigenvalue weighted by atomic mass is 16.2. The van der Waals surface area contributed by atoms with Gasteiger partial charge < -0.3 is 9.88 Å². The molecule has 5 heteroatoms. The van der Waals surface area contributed by atoms with Crippen LogP contribution in [0.3, 0.4) is 0 Å². The van der Waals surface area contributed by atoms with Gasteiger partial charge in [-0.1, -0.05) is 72.8 Å². The lowest BCUT2D eigenvalue weighted by Gasteiger charge is -2.11. The zero-order valence-electron chi connectivity index (χ0n) is 16.4. The number of nitrogens with zero attached hydrogens (tertiary/aromatic N) is 2. The van der Waals surface area contributed by atoms with Crippen molar-refractivity contribution in [1.29, 1.82) is 0 Å². The number of hydrogen-bond acceptors (Lipinski definition) is 3. The molecule has 0 atom stereocenters. The number of amides is 1. The van der Waals surface area contributed by atoms with E-state index < -0.39 is 0 Å². The topological polar surface area (TPSA) is 64.0 Å². The average molecular weight is 395 g/mol. The van der Waals surface area contributed by atoms with Crippen LogP contribution in [0.25, 0.3) is 0 Å². The van der Waals surface area contributed by atoms with Crippen LogP contribution in [-0.2, 0) is 13.1 Å². The summed E-state index contributed by atoms with van der Waals surface area (Å²) in [6.07, 6.45) is 5.43. The second kappa shape index (κ2) is 9.01.